The van der Waals surface area contributed by atoms with E-state index in [1.165, 1.54) is 31.2 Å². The summed E-state index contributed by atoms with van der Waals surface area (Å²) < 4.78 is 4.36. The molecule has 0 fully saturated rings. The monoisotopic (exact) mass is 235 g/mol. The highest BCUT2D eigenvalue weighted by Gasteiger charge is 2.38. The summed E-state index contributed by atoms with van der Waals surface area (Å²) in [6, 6.07) is 7.87. The first-order chi connectivity index (χ1) is 7.93. The molecule has 0 amide bonds. The van der Waals surface area contributed by atoms with Crippen LogP contribution < -0.4 is 0 Å². The smallest absolute Gasteiger partial charge is 0.338 e. The lowest BCUT2D eigenvalue weighted by atomic mass is 9.89. The zero-order chi connectivity index (χ0) is 13.1. The molecule has 0 spiro atoms. The molecule has 5 heteroatoms. The summed E-state index contributed by atoms with van der Waals surface area (Å²) in [5, 5.41) is 28.4. The minimum absolute atomic E-state index is 0.328. The maximum absolute atomic E-state index is 11.2. The number of aliphatic hydroxyl groups excluding tert-OH is 1. The van der Waals surface area contributed by atoms with Gasteiger partial charge in [-0.3, -0.25) is 0 Å². The van der Waals surface area contributed by atoms with Crippen molar-refractivity contribution in [1.82, 2.24) is 0 Å². The van der Waals surface area contributed by atoms with E-state index in [2.05, 4.69) is 4.74 Å². The Morgan fingerprint density at radius 3 is 2.41 bits per heavy atom. The third-order valence-corrected chi connectivity index (χ3v) is 2.56. The highest BCUT2D eigenvalue weighted by molar-refractivity contribution is 5.76. The van der Waals surface area contributed by atoms with Crippen LogP contribution in [-0.4, -0.2) is 29.4 Å². The number of aliphatic hydroxyl groups is 2. The Balaban J connectivity index is 3.04. The molecule has 5 nitrogen and oxygen atoms in total. The number of nitriles is 1. The van der Waals surface area contributed by atoms with Crippen molar-refractivity contribution in [3.05, 3.63) is 35.4 Å². The minimum atomic E-state index is -1.76. The van der Waals surface area contributed by atoms with Crippen molar-refractivity contribution in [3.8, 4) is 6.07 Å². The molecule has 17 heavy (non-hydrogen) atoms. The van der Waals surface area contributed by atoms with Gasteiger partial charge in [0.2, 0.25) is 0 Å². The lowest BCUT2D eigenvalue weighted by molar-refractivity contribution is -0.166. The van der Waals surface area contributed by atoms with E-state index in [-0.39, 0.29) is 0 Å². The minimum Gasteiger partial charge on any atom is -0.467 e. The summed E-state index contributed by atoms with van der Waals surface area (Å²) in [6.07, 6.45) is -1.68. The van der Waals surface area contributed by atoms with E-state index < -0.39 is 17.7 Å². The van der Waals surface area contributed by atoms with Gasteiger partial charge in [-0.15, -0.1) is 0 Å². The average molecular weight is 235 g/mol. The first kappa shape index (κ1) is 13.2. The van der Waals surface area contributed by atoms with E-state index >= 15 is 0 Å². The van der Waals surface area contributed by atoms with Crippen LogP contribution >= 0.6 is 0 Å². The van der Waals surface area contributed by atoms with Gasteiger partial charge in [0.15, 0.2) is 6.10 Å². The van der Waals surface area contributed by atoms with Crippen LogP contribution in [0.25, 0.3) is 0 Å². The normalized spacial score (nSPS) is 15.5. The summed E-state index contributed by atoms with van der Waals surface area (Å²) in [5.74, 6) is -0.917. The van der Waals surface area contributed by atoms with Gasteiger partial charge in [0.05, 0.1) is 18.7 Å². The van der Waals surface area contributed by atoms with Crippen molar-refractivity contribution in [3.63, 3.8) is 0 Å². The van der Waals surface area contributed by atoms with Crippen molar-refractivity contribution >= 4 is 5.97 Å². The van der Waals surface area contributed by atoms with E-state index in [4.69, 9.17) is 5.26 Å². The van der Waals surface area contributed by atoms with Crippen LogP contribution in [0.4, 0.5) is 0 Å². The third kappa shape index (κ3) is 2.61. The fraction of sp³-hybridized carbons (Fsp3) is 0.333. The molecule has 0 aliphatic carbocycles. The van der Waals surface area contributed by atoms with Gasteiger partial charge in [-0.1, -0.05) is 12.1 Å². The second-order valence-electron chi connectivity index (χ2n) is 3.76. The summed E-state index contributed by atoms with van der Waals surface area (Å²) in [4.78, 5) is 11.2. The topological polar surface area (TPSA) is 90.6 Å². The first-order valence-electron chi connectivity index (χ1n) is 4.92. The Morgan fingerprint density at radius 2 is 2.00 bits per heavy atom. The van der Waals surface area contributed by atoms with Crippen molar-refractivity contribution < 1.29 is 19.7 Å². The molecule has 1 aromatic rings. The number of carbonyl (C=O) groups is 1. The van der Waals surface area contributed by atoms with Gasteiger partial charge in [0.25, 0.3) is 0 Å². The molecule has 0 radical (unpaired) electrons. The Hall–Kier alpha value is -1.90. The molecular weight excluding hydrogens is 222 g/mol. The van der Waals surface area contributed by atoms with Crippen molar-refractivity contribution in [2.45, 2.75) is 18.6 Å². The van der Waals surface area contributed by atoms with Crippen LogP contribution in [0.3, 0.4) is 0 Å². The summed E-state index contributed by atoms with van der Waals surface area (Å²) in [7, 11) is 1.13. The number of ether oxygens (including phenoxy) is 1. The second-order valence-corrected chi connectivity index (χ2v) is 3.76. The molecule has 0 aromatic heterocycles. The molecule has 90 valence electrons. The lowest BCUT2D eigenvalue weighted by Gasteiger charge is -2.27. The standard InChI is InChI=1S/C12H13NO4/c1-12(16,10(14)11(15)17-2)9-5-3-8(7-13)4-6-9/h3-6,10,14,16H,1-2H3/t10-,12-/m0/s1. The maximum Gasteiger partial charge on any atom is 0.338 e. The molecule has 1 rings (SSSR count). The van der Waals surface area contributed by atoms with Crippen LogP contribution in [0.15, 0.2) is 24.3 Å². The van der Waals surface area contributed by atoms with Crippen molar-refractivity contribution in [2.24, 2.45) is 0 Å². The van der Waals surface area contributed by atoms with Gasteiger partial charge >= 0.3 is 5.97 Å². The van der Waals surface area contributed by atoms with E-state index in [0.717, 1.165) is 7.11 Å². The molecule has 0 saturated carbocycles. The van der Waals surface area contributed by atoms with Gasteiger partial charge in [0.1, 0.15) is 5.60 Å². The molecule has 1 aromatic carbocycles. The predicted octanol–water partition coefficient (Wildman–Crippen LogP) is 0.300. The number of hydrogen-bond acceptors (Lipinski definition) is 5. The Bertz CT molecular complexity index is 445. The molecule has 0 heterocycles. The van der Waals surface area contributed by atoms with Crippen LogP contribution in [0.1, 0.15) is 18.1 Å². The van der Waals surface area contributed by atoms with Crippen LogP contribution in [0.5, 0.6) is 0 Å². The summed E-state index contributed by atoms with van der Waals surface area (Å²) >= 11 is 0. The molecule has 0 saturated heterocycles. The predicted molar refractivity (Wildman–Crippen MR) is 58.8 cm³/mol. The molecule has 0 unspecified atom stereocenters. The number of benzene rings is 1. The summed E-state index contributed by atoms with van der Waals surface area (Å²) in [6.45, 7) is 1.30. The van der Waals surface area contributed by atoms with Gasteiger partial charge in [0, 0.05) is 0 Å². The largest absolute Gasteiger partial charge is 0.467 e. The van der Waals surface area contributed by atoms with E-state index in [1.54, 1.807) is 0 Å². The van der Waals surface area contributed by atoms with E-state index in [9.17, 15) is 15.0 Å². The van der Waals surface area contributed by atoms with Crippen LogP contribution in [-0.2, 0) is 15.1 Å². The molecule has 2 N–H and O–H groups in total. The summed E-state index contributed by atoms with van der Waals surface area (Å²) in [5.41, 5.74) is -1.01. The maximum atomic E-state index is 11.2. The molecule has 0 aliphatic heterocycles. The second kappa shape index (κ2) is 4.95. The van der Waals surface area contributed by atoms with Crippen LogP contribution in [0.2, 0.25) is 0 Å². The number of methoxy groups -OCH3 is 1. The number of rotatable bonds is 3. The number of nitrogens with zero attached hydrogens (tertiary/aromatic N) is 1. The van der Waals surface area contributed by atoms with Crippen molar-refractivity contribution in [1.29, 1.82) is 5.26 Å². The number of carbonyl (C=O) groups excluding carboxylic acids is 1. The molecular formula is C12H13NO4. The van der Waals surface area contributed by atoms with Gasteiger partial charge < -0.3 is 14.9 Å². The zero-order valence-corrected chi connectivity index (χ0v) is 9.54. The van der Waals surface area contributed by atoms with Gasteiger partial charge in [-0.25, -0.2) is 4.79 Å². The first-order valence-corrected chi connectivity index (χ1v) is 4.92. The quantitative estimate of drug-likeness (QED) is 0.735. The molecule has 2 atom stereocenters. The Kier molecular flexibility index (Phi) is 3.84. The fourth-order valence-electron chi connectivity index (χ4n) is 1.38. The number of hydrogen-bond donors (Lipinski definition) is 2. The molecule has 0 bridgehead atoms. The highest BCUT2D eigenvalue weighted by Crippen LogP contribution is 2.25. The highest BCUT2D eigenvalue weighted by atomic mass is 16.5. The molecule has 0 aliphatic rings. The van der Waals surface area contributed by atoms with Crippen LogP contribution in [0, 0.1) is 11.3 Å². The van der Waals surface area contributed by atoms with Crippen molar-refractivity contribution in [2.75, 3.05) is 7.11 Å². The average Bonchev–Trinajstić information content (AvgIpc) is 2.36. The van der Waals surface area contributed by atoms with E-state index in [0.29, 0.717) is 11.1 Å². The Morgan fingerprint density at radius 1 is 1.47 bits per heavy atom. The third-order valence-electron chi connectivity index (χ3n) is 2.56. The van der Waals surface area contributed by atoms with Gasteiger partial charge in [-0.05, 0) is 24.6 Å². The number of esters is 1. The zero-order valence-electron chi connectivity index (χ0n) is 9.54. The Labute approximate surface area is 98.9 Å². The fourth-order valence-corrected chi connectivity index (χ4v) is 1.38. The SMILES string of the molecule is COC(=O)[C@H](O)[C@@](C)(O)c1ccc(C#N)cc1. The lowest BCUT2D eigenvalue weighted by Crippen LogP contribution is -2.42. The van der Waals surface area contributed by atoms with Gasteiger partial charge in [-0.2, -0.15) is 5.26 Å². The van der Waals surface area contributed by atoms with E-state index in [1.807, 2.05) is 6.07 Å².